The number of carbonyl (C=O) groups is 2. The first-order valence-corrected chi connectivity index (χ1v) is 10.7. The summed E-state index contributed by atoms with van der Waals surface area (Å²) in [6.07, 6.45) is 6.25. The van der Waals surface area contributed by atoms with Crippen LogP contribution in [0.2, 0.25) is 0 Å². The van der Waals surface area contributed by atoms with Gasteiger partial charge < -0.3 is 20.8 Å². The number of azo groups is 1. The summed E-state index contributed by atoms with van der Waals surface area (Å²) in [6, 6.07) is 0. The molecule has 0 bridgehead atoms. The van der Waals surface area contributed by atoms with Crippen molar-refractivity contribution in [2.75, 3.05) is 26.2 Å². The molecule has 0 aliphatic carbocycles. The standard InChI is InChI=1S/C16H30N6.2C3H4O2/c1-15(2,13-17-9-5-6-10-18-13)21-22-16(3,4)14-19-11-7-8-12-20-14;2*1-2-3(4)5/h5-12H2,1-4H3,(H,17,18)(H,19,20);2*2H,1H2,(H,4,5). The fourth-order valence-corrected chi connectivity index (χ4v) is 2.54. The van der Waals surface area contributed by atoms with Crippen LogP contribution in [0.15, 0.2) is 45.5 Å². The third kappa shape index (κ3) is 12.6. The Balaban J connectivity index is 0.000000805. The molecule has 2 aliphatic rings. The molecule has 2 aliphatic heterocycles. The summed E-state index contributed by atoms with van der Waals surface area (Å²) in [6.45, 7) is 17.9. The monoisotopic (exact) mass is 450 g/mol. The number of amidine groups is 2. The first-order valence-electron chi connectivity index (χ1n) is 10.7. The minimum atomic E-state index is -0.981. The Labute approximate surface area is 190 Å². The van der Waals surface area contributed by atoms with Crippen molar-refractivity contribution in [3.8, 4) is 0 Å². The molecule has 0 amide bonds. The van der Waals surface area contributed by atoms with Crippen LogP contribution in [0.1, 0.15) is 53.4 Å². The highest BCUT2D eigenvalue weighted by Gasteiger charge is 2.30. The molecule has 10 heteroatoms. The summed E-state index contributed by atoms with van der Waals surface area (Å²) >= 11 is 0. The van der Waals surface area contributed by atoms with E-state index in [-0.39, 0.29) is 0 Å². The summed E-state index contributed by atoms with van der Waals surface area (Å²) < 4.78 is 0. The maximum Gasteiger partial charge on any atom is 0.327 e. The van der Waals surface area contributed by atoms with E-state index in [0.29, 0.717) is 0 Å². The van der Waals surface area contributed by atoms with Crippen LogP contribution in [-0.4, -0.2) is 71.1 Å². The van der Waals surface area contributed by atoms with E-state index in [2.05, 4.69) is 71.7 Å². The average Bonchev–Trinajstić information content (AvgIpc) is 3.19. The zero-order chi connectivity index (χ0) is 24.6. The van der Waals surface area contributed by atoms with Gasteiger partial charge in [0.25, 0.3) is 0 Å². The van der Waals surface area contributed by atoms with Gasteiger partial charge in [0.15, 0.2) is 0 Å². The van der Waals surface area contributed by atoms with Gasteiger partial charge in [0.2, 0.25) is 0 Å². The molecule has 2 heterocycles. The van der Waals surface area contributed by atoms with E-state index in [1.807, 2.05) is 0 Å². The minimum Gasteiger partial charge on any atom is -0.478 e. The number of nitrogens with one attached hydrogen (secondary N) is 2. The Morgan fingerprint density at radius 3 is 1.41 bits per heavy atom. The summed E-state index contributed by atoms with van der Waals surface area (Å²) in [7, 11) is 0. The van der Waals surface area contributed by atoms with Crippen molar-refractivity contribution in [2.24, 2.45) is 20.2 Å². The van der Waals surface area contributed by atoms with Crippen molar-refractivity contribution in [3.63, 3.8) is 0 Å². The highest BCUT2D eigenvalue weighted by molar-refractivity contribution is 5.92. The highest BCUT2D eigenvalue weighted by Crippen LogP contribution is 2.19. The SMILES string of the molecule is C=CC(=O)O.C=CC(=O)O.CC(C)(N=NC(C)(C)C1=NCCCCN1)C1=NCCCCN1. The van der Waals surface area contributed by atoms with Gasteiger partial charge in [-0.15, -0.1) is 0 Å². The van der Waals surface area contributed by atoms with Gasteiger partial charge in [0.1, 0.15) is 22.7 Å². The number of aliphatic imine (C=N–C) groups is 2. The Morgan fingerprint density at radius 1 is 0.812 bits per heavy atom. The normalized spacial score (nSPS) is 16.6. The molecular formula is C22H38N6O4. The minimum absolute atomic E-state index is 0.424. The zero-order valence-electron chi connectivity index (χ0n) is 19.7. The van der Waals surface area contributed by atoms with Crippen LogP contribution in [0.4, 0.5) is 0 Å². The summed E-state index contributed by atoms with van der Waals surface area (Å²) in [4.78, 5) is 27.8. The Bertz CT molecular complexity index is 666. The summed E-state index contributed by atoms with van der Waals surface area (Å²) in [5.41, 5.74) is -0.847. The Morgan fingerprint density at radius 2 is 1.12 bits per heavy atom. The van der Waals surface area contributed by atoms with E-state index in [9.17, 15) is 9.59 Å². The number of carboxylic acid groups (broad SMARTS) is 2. The first-order chi connectivity index (χ1) is 15.0. The maximum atomic E-state index is 9.25. The molecule has 32 heavy (non-hydrogen) atoms. The summed E-state index contributed by atoms with van der Waals surface area (Å²) in [5.74, 6) is -0.0735. The van der Waals surface area contributed by atoms with Crippen LogP contribution < -0.4 is 10.6 Å². The lowest BCUT2D eigenvalue weighted by atomic mass is 10.0. The lowest BCUT2D eigenvalue weighted by Gasteiger charge is -2.26. The number of aliphatic carboxylic acids is 2. The topological polar surface area (TPSA) is 148 Å². The van der Waals surface area contributed by atoms with E-state index >= 15 is 0 Å². The Kier molecular flexibility index (Phi) is 13.5. The highest BCUT2D eigenvalue weighted by atomic mass is 16.4. The van der Waals surface area contributed by atoms with Crippen molar-refractivity contribution >= 4 is 23.6 Å². The Hall–Kier alpha value is -3.04. The molecule has 0 aromatic rings. The van der Waals surface area contributed by atoms with Crippen molar-refractivity contribution in [1.82, 2.24) is 10.6 Å². The number of carboxylic acids is 2. The zero-order valence-corrected chi connectivity index (χ0v) is 19.7. The van der Waals surface area contributed by atoms with Gasteiger partial charge in [-0.25, -0.2) is 9.59 Å². The fraction of sp³-hybridized carbons (Fsp3) is 0.636. The molecule has 2 rings (SSSR count). The number of rotatable bonds is 6. The largest absolute Gasteiger partial charge is 0.478 e. The quantitative estimate of drug-likeness (QED) is 0.361. The van der Waals surface area contributed by atoms with Gasteiger partial charge in [0.05, 0.1) is 0 Å². The molecule has 0 radical (unpaired) electrons. The molecule has 0 spiro atoms. The molecule has 0 aromatic heterocycles. The lowest BCUT2D eigenvalue weighted by molar-refractivity contribution is -0.132. The second-order valence-corrected chi connectivity index (χ2v) is 8.13. The maximum absolute atomic E-state index is 9.25. The van der Waals surface area contributed by atoms with Crippen molar-refractivity contribution in [3.05, 3.63) is 25.3 Å². The van der Waals surface area contributed by atoms with Crippen LogP contribution in [-0.2, 0) is 9.59 Å². The van der Waals surface area contributed by atoms with Crippen LogP contribution in [0, 0.1) is 0 Å². The van der Waals surface area contributed by atoms with Crippen LogP contribution in [0.25, 0.3) is 0 Å². The van der Waals surface area contributed by atoms with Crippen molar-refractivity contribution in [2.45, 2.75) is 64.5 Å². The van der Waals surface area contributed by atoms with Gasteiger partial charge in [-0.3, -0.25) is 9.98 Å². The number of hydrogen-bond acceptors (Lipinski definition) is 8. The second kappa shape index (κ2) is 14.9. The molecule has 0 aromatic carbocycles. The smallest absolute Gasteiger partial charge is 0.327 e. The fourth-order valence-electron chi connectivity index (χ4n) is 2.54. The van der Waals surface area contributed by atoms with E-state index < -0.39 is 23.0 Å². The molecule has 4 N–H and O–H groups in total. The predicted molar refractivity (Wildman–Crippen MR) is 128 cm³/mol. The molecule has 10 nitrogen and oxygen atoms in total. The molecule has 180 valence electrons. The lowest BCUT2D eigenvalue weighted by Crippen LogP contribution is -2.43. The number of nitrogens with zero attached hydrogens (tertiary/aromatic N) is 4. The second-order valence-electron chi connectivity index (χ2n) is 8.13. The first kappa shape index (κ1) is 29.0. The van der Waals surface area contributed by atoms with Gasteiger partial charge in [-0.1, -0.05) is 13.2 Å². The van der Waals surface area contributed by atoms with E-state index in [1.54, 1.807) is 0 Å². The van der Waals surface area contributed by atoms with Crippen molar-refractivity contribution < 1.29 is 19.8 Å². The van der Waals surface area contributed by atoms with Gasteiger partial charge >= 0.3 is 11.9 Å². The predicted octanol–water partition coefficient (Wildman–Crippen LogP) is 3.07. The van der Waals surface area contributed by atoms with Gasteiger partial charge in [-0.2, -0.15) is 10.2 Å². The molecule has 0 fully saturated rings. The number of hydrogen-bond donors (Lipinski definition) is 4. The van der Waals surface area contributed by atoms with Crippen LogP contribution in [0.5, 0.6) is 0 Å². The molecular weight excluding hydrogens is 412 g/mol. The van der Waals surface area contributed by atoms with E-state index in [4.69, 9.17) is 10.2 Å². The molecule has 0 unspecified atom stereocenters. The van der Waals surface area contributed by atoms with E-state index in [0.717, 1.165) is 75.7 Å². The van der Waals surface area contributed by atoms with Crippen molar-refractivity contribution in [1.29, 1.82) is 0 Å². The van der Waals surface area contributed by atoms with Crippen LogP contribution >= 0.6 is 0 Å². The van der Waals surface area contributed by atoms with E-state index in [1.165, 1.54) is 0 Å². The van der Waals surface area contributed by atoms with Crippen LogP contribution in [0.3, 0.4) is 0 Å². The average molecular weight is 451 g/mol. The van der Waals surface area contributed by atoms with Gasteiger partial charge in [0, 0.05) is 38.3 Å². The third-order valence-corrected chi connectivity index (χ3v) is 4.35. The van der Waals surface area contributed by atoms with Gasteiger partial charge in [-0.05, 0) is 53.4 Å². The third-order valence-electron chi connectivity index (χ3n) is 4.35. The molecule has 0 saturated carbocycles. The molecule has 0 atom stereocenters. The summed E-state index contributed by atoms with van der Waals surface area (Å²) in [5, 5.41) is 31.2. The molecule has 0 saturated heterocycles.